The second kappa shape index (κ2) is 8.93. The van der Waals surface area contributed by atoms with Crippen molar-refractivity contribution < 1.29 is 9.47 Å². The van der Waals surface area contributed by atoms with Crippen LogP contribution in [0.1, 0.15) is 12.8 Å². The molecule has 0 saturated carbocycles. The van der Waals surface area contributed by atoms with E-state index in [-0.39, 0.29) is 0 Å². The Kier molecular flexibility index (Phi) is 8.81. The van der Waals surface area contributed by atoms with E-state index >= 15 is 0 Å². The first-order valence-corrected chi connectivity index (χ1v) is 4.19. The van der Waals surface area contributed by atoms with Crippen LogP contribution < -0.4 is 11.1 Å². The summed E-state index contributed by atoms with van der Waals surface area (Å²) in [4.78, 5) is 0. The van der Waals surface area contributed by atoms with Crippen molar-refractivity contribution in [3.05, 3.63) is 6.29 Å². The third-order valence-corrected chi connectivity index (χ3v) is 1.51. The number of hydrogen-bond donors (Lipinski definition) is 2. The van der Waals surface area contributed by atoms with Crippen LogP contribution in [0.4, 0.5) is 0 Å². The van der Waals surface area contributed by atoms with Gasteiger partial charge in [0.2, 0.25) is 6.29 Å². The molecule has 0 aromatic heterocycles. The average molecular weight is 175 g/mol. The lowest BCUT2D eigenvalue weighted by Gasteiger charge is -2.10. The molecule has 0 heterocycles. The van der Waals surface area contributed by atoms with E-state index in [1.807, 2.05) is 0 Å². The molecule has 4 nitrogen and oxygen atoms in total. The van der Waals surface area contributed by atoms with Gasteiger partial charge in [0.05, 0.1) is 0 Å². The van der Waals surface area contributed by atoms with Crippen molar-refractivity contribution in [2.24, 2.45) is 5.73 Å². The number of rotatable bonds is 8. The highest BCUT2D eigenvalue weighted by Gasteiger charge is 2.05. The zero-order valence-corrected chi connectivity index (χ0v) is 7.93. The van der Waals surface area contributed by atoms with Gasteiger partial charge in [-0.1, -0.05) is 0 Å². The molecule has 3 N–H and O–H groups in total. The van der Waals surface area contributed by atoms with Gasteiger partial charge in [-0.05, 0) is 13.0 Å². The molecule has 0 unspecified atom stereocenters. The molecule has 1 radical (unpaired) electrons. The van der Waals surface area contributed by atoms with Gasteiger partial charge in [-0.25, -0.2) is 0 Å². The molecule has 73 valence electrons. The molecule has 0 aliphatic rings. The normalized spacial score (nSPS) is 11.0. The number of hydrogen-bond acceptors (Lipinski definition) is 4. The van der Waals surface area contributed by atoms with E-state index in [2.05, 4.69) is 5.32 Å². The average Bonchev–Trinajstić information content (AvgIpc) is 2.11. The SMILES string of the molecule is CO[C](CCCNCCN)OC. The zero-order chi connectivity index (χ0) is 9.23. The number of nitrogens with one attached hydrogen (secondary N) is 1. The minimum absolute atomic E-state index is 0.685. The maximum Gasteiger partial charge on any atom is 0.223 e. The molecule has 0 aliphatic heterocycles. The van der Waals surface area contributed by atoms with E-state index < -0.39 is 0 Å². The number of methoxy groups -OCH3 is 2. The second-order valence-electron chi connectivity index (χ2n) is 2.42. The van der Waals surface area contributed by atoms with Crippen LogP contribution >= 0.6 is 0 Å². The molecule has 4 heteroatoms. The Labute approximate surface area is 74.4 Å². The summed E-state index contributed by atoms with van der Waals surface area (Å²) in [5.41, 5.74) is 5.31. The molecule has 0 atom stereocenters. The summed E-state index contributed by atoms with van der Waals surface area (Å²) in [5.74, 6) is 0. The highest BCUT2D eigenvalue weighted by Crippen LogP contribution is 2.08. The molecule has 0 fully saturated rings. The molecule has 0 amide bonds. The van der Waals surface area contributed by atoms with E-state index in [1.54, 1.807) is 14.2 Å². The van der Waals surface area contributed by atoms with Crippen molar-refractivity contribution in [1.82, 2.24) is 5.32 Å². The lowest BCUT2D eigenvalue weighted by molar-refractivity contribution is -0.00345. The van der Waals surface area contributed by atoms with Crippen molar-refractivity contribution in [2.75, 3.05) is 33.9 Å². The molecule has 0 aromatic rings. The lowest BCUT2D eigenvalue weighted by atomic mass is 10.3. The summed E-state index contributed by atoms with van der Waals surface area (Å²) in [6.07, 6.45) is 2.53. The molecular formula is C8H19N2O2. The van der Waals surface area contributed by atoms with Crippen LogP contribution in [0.15, 0.2) is 0 Å². The summed E-state index contributed by atoms with van der Waals surface area (Å²) < 4.78 is 9.90. The zero-order valence-electron chi connectivity index (χ0n) is 7.93. The monoisotopic (exact) mass is 175 g/mol. The van der Waals surface area contributed by atoms with E-state index in [4.69, 9.17) is 15.2 Å². The smallest absolute Gasteiger partial charge is 0.223 e. The molecule has 0 saturated heterocycles. The van der Waals surface area contributed by atoms with Crippen LogP contribution in [0.5, 0.6) is 0 Å². The topological polar surface area (TPSA) is 56.5 Å². The van der Waals surface area contributed by atoms with Gasteiger partial charge in [0.15, 0.2) is 0 Å². The standard InChI is InChI=1S/C8H19N2O2/c1-11-8(12-2)4-3-6-10-7-5-9/h10H,3-7,9H2,1-2H3. The molecule has 0 aromatic carbocycles. The molecular weight excluding hydrogens is 156 g/mol. The van der Waals surface area contributed by atoms with Crippen LogP contribution in [-0.2, 0) is 9.47 Å². The molecule has 12 heavy (non-hydrogen) atoms. The molecule has 0 rings (SSSR count). The van der Waals surface area contributed by atoms with E-state index in [0.29, 0.717) is 12.8 Å². The first-order valence-electron chi connectivity index (χ1n) is 4.19. The fourth-order valence-electron chi connectivity index (χ4n) is 0.872. The Morgan fingerprint density at radius 2 is 1.92 bits per heavy atom. The predicted octanol–water partition coefficient (Wildman–Crippen LogP) is 0.0972. The fraction of sp³-hybridized carbons (Fsp3) is 0.875. The summed E-state index contributed by atoms with van der Waals surface area (Å²) in [6.45, 7) is 2.51. The molecule has 0 spiro atoms. The maximum atomic E-state index is 5.31. The van der Waals surface area contributed by atoms with Crippen molar-refractivity contribution in [1.29, 1.82) is 0 Å². The van der Waals surface area contributed by atoms with Crippen LogP contribution in [-0.4, -0.2) is 33.9 Å². The highest BCUT2D eigenvalue weighted by molar-refractivity contribution is 4.64. The Bertz CT molecular complexity index is 87.1. The van der Waals surface area contributed by atoms with Crippen LogP contribution in [0, 0.1) is 6.29 Å². The second-order valence-corrected chi connectivity index (χ2v) is 2.42. The third kappa shape index (κ3) is 6.54. The van der Waals surface area contributed by atoms with Gasteiger partial charge in [0.25, 0.3) is 0 Å². The van der Waals surface area contributed by atoms with Crippen LogP contribution in [0.3, 0.4) is 0 Å². The van der Waals surface area contributed by atoms with Crippen molar-refractivity contribution >= 4 is 0 Å². The maximum absolute atomic E-state index is 5.31. The Morgan fingerprint density at radius 1 is 1.25 bits per heavy atom. The Hall–Kier alpha value is -0.160. The van der Waals surface area contributed by atoms with Gasteiger partial charge in [-0.15, -0.1) is 0 Å². The van der Waals surface area contributed by atoms with Gasteiger partial charge >= 0.3 is 0 Å². The Morgan fingerprint density at radius 3 is 2.42 bits per heavy atom. The number of nitrogens with two attached hydrogens (primary N) is 1. The number of ether oxygens (including phenoxy) is 2. The predicted molar refractivity (Wildman–Crippen MR) is 48.4 cm³/mol. The minimum Gasteiger partial charge on any atom is -0.349 e. The van der Waals surface area contributed by atoms with Gasteiger partial charge < -0.3 is 20.5 Å². The summed E-state index contributed by atoms with van der Waals surface area (Å²) in [5, 5.41) is 3.19. The van der Waals surface area contributed by atoms with E-state index in [1.165, 1.54) is 0 Å². The van der Waals surface area contributed by atoms with Crippen LogP contribution in [0.2, 0.25) is 0 Å². The third-order valence-electron chi connectivity index (χ3n) is 1.51. The first kappa shape index (κ1) is 11.8. The summed E-state index contributed by atoms with van der Waals surface area (Å²) >= 11 is 0. The Balaban J connectivity index is 3.06. The van der Waals surface area contributed by atoms with Crippen molar-refractivity contribution in [3.8, 4) is 0 Å². The first-order chi connectivity index (χ1) is 5.85. The summed E-state index contributed by atoms with van der Waals surface area (Å²) in [6, 6.07) is 0. The minimum atomic E-state index is 0.685. The quantitative estimate of drug-likeness (QED) is 0.514. The highest BCUT2D eigenvalue weighted by atomic mass is 16.7. The van der Waals surface area contributed by atoms with E-state index in [9.17, 15) is 0 Å². The lowest BCUT2D eigenvalue weighted by Crippen LogP contribution is -2.23. The van der Waals surface area contributed by atoms with Gasteiger partial charge in [-0.3, -0.25) is 0 Å². The van der Waals surface area contributed by atoms with Crippen molar-refractivity contribution in [2.45, 2.75) is 12.8 Å². The van der Waals surface area contributed by atoms with Gasteiger partial charge in [0, 0.05) is 33.7 Å². The summed E-state index contributed by atoms with van der Waals surface area (Å²) in [7, 11) is 3.23. The van der Waals surface area contributed by atoms with Crippen LogP contribution in [0.25, 0.3) is 0 Å². The largest absolute Gasteiger partial charge is 0.349 e. The van der Waals surface area contributed by atoms with Gasteiger partial charge in [0.1, 0.15) is 0 Å². The van der Waals surface area contributed by atoms with E-state index in [0.717, 1.165) is 25.9 Å². The fourth-order valence-corrected chi connectivity index (χ4v) is 0.872. The molecule has 0 aliphatic carbocycles. The van der Waals surface area contributed by atoms with Gasteiger partial charge in [-0.2, -0.15) is 0 Å². The molecule has 0 bridgehead atoms. The van der Waals surface area contributed by atoms with Crippen molar-refractivity contribution in [3.63, 3.8) is 0 Å².